The minimum Gasteiger partial charge on any atom is -0.352 e. The molecule has 1 amide bonds. The van der Waals surface area contributed by atoms with E-state index in [0.29, 0.717) is 6.54 Å². The minimum absolute atomic E-state index is 0.0810. The predicted molar refractivity (Wildman–Crippen MR) is 130 cm³/mol. The summed E-state index contributed by atoms with van der Waals surface area (Å²) in [4.78, 5) is 17.8. The normalized spacial score (nSPS) is 20.5. The Bertz CT molecular complexity index is 865. The molecule has 0 aliphatic carbocycles. The van der Waals surface area contributed by atoms with Crippen LogP contribution in [0.4, 0.5) is 0 Å². The van der Waals surface area contributed by atoms with Gasteiger partial charge in [0.05, 0.1) is 5.92 Å². The van der Waals surface area contributed by atoms with Crippen molar-refractivity contribution in [2.24, 2.45) is 5.92 Å². The van der Waals surface area contributed by atoms with Crippen molar-refractivity contribution in [3.8, 4) is 0 Å². The summed E-state index contributed by atoms with van der Waals surface area (Å²) in [5.74, 6) is 0.276. The summed E-state index contributed by atoms with van der Waals surface area (Å²) in [6.45, 7) is 6.87. The zero-order valence-corrected chi connectivity index (χ0v) is 19.9. The molecule has 0 aromatic heterocycles. The molecule has 31 heavy (non-hydrogen) atoms. The van der Waals surface area contributed by atoms with Gasteiger partial charge in [-0.3, -0.25) is 14.6 Å². The summed E-state index contributed by atoms with van der Waals surface area (Å²) < 4.78 is 1.11. The van der Waals surface area contributed by atoms with Crippen molar-refractivity contribution < 1.29 is 4.79 Å². The van der Waals surface area contributed by atoms with Gasteiger partial charge in [0.2, 0.25) is 5.91 Å². The van der Waals surface area contributed by atoms with Crippen LogP contribution in [0.1, 0.15) is 48.8 Å². The number of amides is 1. The third-order valence-electron chi connectivity index (χ3n) is 6.48. The van der Waals surface area contributed by atoms with Crippen LogP contribution in [0.2, 0.25) is 0 Å². The van der Waals surface area contributed by atoms with E-state index in [0.717, 1.165) is 43.5 Å². The van der Waals surface area contributed by atoms with Crippen molar-refractivity contribution in [2.75, 3.05) is 26.2 Å². The van der Waals surface area contributed by atoms with E-state index in [1.54, 1.807) is 0 Å². The molecule has 2 saturated heterocycles. The molecule has 166 valence electrons. The maximum atomic E-state index is 12.9. The molecule has 2 heterocycles. The van der Waals surface area contributed by atoms with Gasteiger partial charge >= 0.3 is 0 Å². The summed E-state index contributed by atoms with van der Waals surface area (Å²) in [6.07, 6.45) is 6.06. The number of carbonyl (C=O) groups is 1. The van der Waals surface area contributed by atoms with Crippen molar-refractivity contribution in [1.82, 2.24) is 15.1 Å². The molecule has 1 unspecified atom stereocenters. The molecule has 2 fully saturated rings. The minimum atomic E-state index is 0.0810. The van der Waals surface area contributed by atoms with Crippen molar-refractivity contribution >= 4 is 21.8 Å². The van der Waals surface area contributed by atoms with E-state index in [4.69, 9.17) is 0 Å². The largest absolute Gasteiger partial charge is 0.352 e. The Labute approximate surface area is 195 Å². The lowest BCUT2D eigenvalue weighted by Crippen LogP contribution is -2.42. The summed E-state index contributed by atoms with van der Waals surface area (Å²) in [5.41, 5.74) is 3.84. The molecule has 1 atom stereocenters. The third-order valence-corrected chi connectivity index (χ3v) is 6.98. The third kappa shape index (κ3) is 6.90. The van der Waals surface area contributed by atoms with Crippen LogP contribution in [0.25, 0.3) is 0 Å². The Morgan fingerprint density at radius 1 is 0.871 bits per heavy atom. The Morgan fingerprint density at radius 3 is 2.35 bits per heavy atom. The van der Waals surface area contributed by atoms with Gasteiger partial charge in [-0.25, -0.2) is 0 Å². The molecule has 2 aromatic rings. The number of halogens is 1. The van der Waals surface area contributed by atoms with Crippen molar-refractivity contribution in [1.29, 1.82) is 0 Å². The first-order chi connectivity index (χ1) is 15.2. The van der Waals surface area contributed by atoms with Crippen LogP contribution in [0, 0.1) is 5.92 Å². The highest BCUT2D eigenvalue weighted by Gasteiger charge is 2.25. The highest BCUT2D eigenvalue weighted by molar-refractivity contribution is 9.10. The number of benzene rings is 2. The van der Waals surface area contributed by atoms with Gasteiger partial charge in [-0.15, -0.1) is 0 Å². The zero-order chi connectivity index (χ0) is 21.5. The second-order valence-electron chi connectivity index (χ2n) is 9.08. The number of hydrogen-bond acceptors (Lipinski definition) is 3. The first kappa shape index (κ1) is 22.5. The predicted octanol–water partition coefficient (Wildman–Crippen LogP) is 4.96. The van der Waals surface area contributed by atoms with E-state index in [2.05, 4.69) is 79.6 Å². The Balaban J connectivity index is 1.26. The number of nitrogens with one attached hydrogen (secondary N) is 1. The quantitative estimate of drug-likeness (QED) is 0.603. The molecular formula is C26H34BrN3O. The van der Waals surface area contributed by atoms with E-state index < -0.39 is 0 Å². The molecule has 0 radical (unpaired) electrons. The number of rotatable bonds is 7. The molecule has 0 saturated carbocycles. The number of likely N-dealkylation sites (tertiary alicyclic amines) is 2. The van der Waals surface area contributed by atoms with Gasteiger partial charge in [-0.1, -0.05) is 58.7 Å². The van der Waals surface area contributed by atoms with Gasteiger partial charge in [-0.2, -0.15) is 0 Å². The number of hydrogen-bond donors (Lipinski definition) is 1. The zero-order valence-electron chi connectivity index (χ0n) is 18.4. The summed E-state index contributed by atoms with van der Waals surface area (Å²) >= 11 is 3.55. The highest BCUT2D eigenvalue weighted by Crippen LogP contribution is 2.21. The molecule has 2 aliphatic heterocycles. The van der Waals surface area contributed by atoms with E-state index in [-0.39, 0.29) is 11.8 Å². The van der Waals surface area contributed by atoms with Crippen LogP contribution in [-0.4, -0.2) is 41.9 Å². The first-order valence-electron chi connectivity index (χ1n) is 11.7. The lowest BCUT2D eigenvalue weighted by molar-refractivity contribution is -0.126. The average molecular weight is 484 g/mol. The molecular weight excluding hydrogens is 450 g/mol. The number of carbonyl (C=O) groups excluding carboxylic acids is 1. The van der Waals surface area contributed by atoms with Gasteiger partial charge in [0.25, 0.3) is 0 Å². The standard InChI is InChI=1S/C26H34BrN3O/c27-25-11-5-9-23(16-25)19-30-14-6-10-24(20-30)26(31)28-17-21-7-4-8-22(15-21)18-29-12-2-1-3-13-29/h4-5,7-9,11,15-16,24H,1-3,6,10,12-14,17-20H2,(H,28,31). The molecule has 2 aromatic carbocycles. The van der Waals surface area contributed by atoms with Crippen LogP contribution in [0.5, 0.6) is 0 Å². The maximum Gasteiger partial charge on any atom is 0.224 e. The lowest BCUT2D eigenvalue weighted by atomic mass is 9.96. The fourth-order valence-electron chi connectivity index (χ4n) is 4.85. The van der Waals surface area contributed by atoms with Crippen LogP contribution in [-0.2, 0) is 24.4 Å². The van der Waals surface area contributed by atoms with Gasteiger partial charge < -0.3 is 5.32 Å². The molecule has 1 N–H and O–H groups in total. The fraction of sp³-hybridized carbons (Fsp3) is 0.500. The van der Waals surface area contributed by atoms with Crippen LogP contribution in [0.3, 0.4) is 0 Å². The van der Waals surface area contributed by atoms with Crippen molar-refractivity contribution in [3.63, 3.8) is 0 Å². The van der Waals surface area contributed by atoms with Crippen LogP contribution < -0.4 is 5.32 Å². The van der Waals surface area contributed by atoms with Crippen LogP contribution in [0.15, 0.2) is 53.0 Å². The maximum absolute atomic E-state index is 12.9. The second kappa shape index (κ2) is 11.3. The van der Waals surface area contributed by atoms with Gasteiger partial charge in [0.1, 0.15) is 0 Å². The summed E-state index contributed by atoms with van der Waals surface area (Å²) in [6, 6.07) is 17.2. The fourth-order valence-corrected chi connectivity index (χ4v) is 5.30. The monoisotopic (exact) mass is 483 g/mol. The van der Waals surface area contributed by atoms with E-state index >= 15 is 0 Å². The van der Waals surface area contributed by atoms with Crippen molar-refractivity contribution in [3.05, 3.63) is 69.7 Å². The van der Waals surface area contributed by atoms with E-state index in [1.165, 1.54) is 49.0 Å². The number of nitrogens with zero attached hydrogens (tertiary/aromatic N) is 2. The molecule has 4 nitrogen and oxygen atoms in total. The van der Waals surface area contributed by atoms with Crippen LogP contribution >= 0.6 is 15.9 Å². The van der Waals surface area contributed by atoms with Gasteiger partial charge in [0.15, 0.2) is 0 Å². The summed E-state index contributed by atoms with van der Waals surface area (Å²) in [5, 5.41) is 3.21. The second-order valence-corrected chi connectivity index (χ2v) is 9.99. The van der Waals surface area contributed by atoms with Gasteiger partial charge in [0, 0.05) is 30.7 Å². The Kier molecular flexibility index (Phi) is 8.17. The Hall–Kier alpha value is -1.69. The van der Waals surface area contributed by atoms with Crippen molar-refractivity contribution in [2.45, 2.75) is 51.7 Å². The molecule has 0 spiro atoms. The van der Waals surface area contributed by atoms with E-state index in [9.17, 15) is 4.79 Å². The lowest BCUT2D eigenvalue weighted by Gasteiger charge is -2.32. The first-order valence-corrected chi connectivity index (χ1v) is 12.5. The molecule has 2 aliphatic rings. The highest BCUT2D eigenvalue weighted by atomic mass is 79.9. The average Bonchev–Trinajstić information content (AvgIpc) is 2.79. The smallest absolute Gasteiger partial charge is 0.224 e. The molecule has 5 heteroatoms. The Morgan fingerprint density at radius 2 is 1.55 bits per heavy atom. The van der Waals surface area contributed by atoms with E-state index in [1.807, 2.05) is 0 Å². The van der Waals surface area contributed by atoms with Gasteiger partial charge in [-0.05, 0) is 74.1 Å². The molecule has 0 bridgehead atoms. The SMILES string of the molecule is O=C(NCc1cccc(CN2CCCCC2)c1)C1CCCN(Cc2cccc(Br)c2)C1. The molecule has 4 rings (SSSR count). The topological polar surface area (TPSA) is 35.6 Å². The summed E-state index contributed by atoms with van der Waals surface area (Å²) in [7, 11) is 0. The number of piperidine rings is 2.